The smallest absolute Gasteiger partial charge is 0.325 e. The highest BCUT2D eigenvalue weighted by Crippen LogP contribution is 2.37. The second-order valence-corrected chi connectivity index (χ2v) is 4.17. The molecule has 0 aliphatic heterocycles. The number of ether oxygens (including phenoxy) is 1. The summed E-state index contributed by atoms with van der Waals surface area (Å²) in [5.41, 5.74) is 0.0959. The third kappa shape index (κ3) is 2.19. The molecule has 94 valence electrons. The number of hydrogen-bond donors (Lipinski definition) is 0. The first-order valence-corrected chi connectivity index (χ1v) is 5.86. The Morgan fingerprint density at radius 2 is 2.17 bits per heavy atom. The van der Waals surface area contributed by atoms with Crippen molar-refractivity contribution in [1.82, 2.24) is 4.98 Å². The van der Waals surface area contributed by atoms with Gasteiger partial charge in [0.05, 0.1) is 17.0 Å². The summed E-state index contributed by atoms with van der Waals surface area (Å²) in [4.78, 5) is 14.2. The first kappa shape index (κ1) is 12.9. The Hall–Kier alpha value is -1.59. The highest BCUT2D eigenvalue weighted by Gasteiger charge is 2.22. The summed E-state index contributed by atoms with van der Waals surface area (Å²) in [7, 11) is 0. The van der Waals surface area contributed by atoms with E-state index in [1.54, 1.807) is 18.2 Å². The second-order valence-electron chi connectivity index (χ2n) is 3.43. The lowest BCUT2D eigenvalue weighted by atomic mass is 10.2. The van der Waals surface area contributed by atoms with Gasteiger partial charge in [0, 0.05) is 5.39 Å². The average Bonchev–Trinajstić information content (AvgIpc) is 2.30. The standard InChI is InChI=1S/C11H8Cl2N2O3/c1-2-18-6-3-4-8-7(5-6)9(12)10(15(16)17)11(13)14-8/h3-5H,2H2,1H3. The molecular weight excluding hydrogens is 279 g/mol. The van der Waals surface area contributed by atoms with Gasteiger partial charge in [-0.05, 0) is 25.1 Å². The number of nitrogens with zero attached hydrogens (tertiary/aromatic N) is 2. The fourth-order valence-corrected chi connectivity index (χ4v) is 2.19. The topological polar surface area (TPSA) is 65.3 Å². The van der Waals surface area contributed by atoms with Crippen LogP contribution in [-0.4, -0.2) is 16.5 Å². The molecule has 0 saturated heterocycles. The Morgan fingerprint density at radius 3 is 2.78 bits per heavy atom. The first-order valence-electron chi connectivity index (χ1n) is 5.10. The van der Waals surface area contributed by atoms with Crippen LogP contribution in [0, 0.1) is 10.1 Å². The van der Waals surface area contributed by atoms with Crippen LogP contribution < -0.4 is 4.74 Å². The van der Waals surface area contributed by atoms with Crippen molar-refractivity contribution in [3.63, 3.8) is 0 Å². The number of rotatable bonds is 3. The summed E-state index contributed by atoms with van der Waals surface area (Å²) in [6.45, 7) is 2.33. The van der Waals surface area contributed by atoms with Crippen LogP contribution in [0.4, 0.5) is 5.69 Å². The fourth-order valence-electron chi connectivity index (χ4n) is 1.58. The average molecular weight is 287 g/mol. The fraction of sp³-hybridized carbons (Fsp3) is 0.182. The predicted octanol–water partition coefficient (Wildman–Crippen LogP) is 3.85. The van der Waals surface area contributed by atoms with Crippen molar-refractivity contribution >= 4 is 39.8 Å². The van der Waals surface area contributed by atoms with Crippen LogP contribution >= 0.6 is 23.2 Å². The number of halogens is 2. The molecule has 0 atom stereocenters. The minimum Gasteiger partial charge on any atom is -0.494 e. The van der Waals surface area contributed by atoms with E-state index in [4.69, 9.17) is 27.9 Å². The molecule has 0 saturated carbocycles. The Labute approximate surface area is 112 Å². The summed E-state index contributed by atoms with van der Waals surface area (Å²) < 4.78 is 5.31. The quantitative estimate of drug-likeness (QED) is 0.488. The number of fused-ring (bicyclic) bond motifs is 1. The Kier molecular flexibility index (Phi) is 3.54. The molecule has 1 aromatic heterocycles. The second kappa shape index (κ2) is 4.96. The molecule has 0 unspecified atom stereocenters. The molecule has 18 heavy (non-hydrogen) atoms. The molecule has 0 amide bonds. The monoisotopic (exact) mass is 286 g/mol. The zero-order valence-corrected chi connectivity index (χ0v) is 10.8. The molecule has 0 radical (unpaired) electrons. The molecule has 0 fully saturated rings. The van der Waals surface area contributed by atoms with Gasteiger partial charge in [-0.25, -0.2) is 4.98 Å². The third-order valence-electron chi connectivity index (χ3n) is 2.32. The van der Waals surface area contributed by atoms with E-state index in [1.807, 2.05) is 6.92 Å². The molecule has 0 aliphatic carbocycles. The van der Waals surface area contributed by atoms with Gasteiger partial charge in [0.1, 0.15) is 10.8 Å². The van der Waals surface area contributed by atoms with Crippen molar-refractivity contribution < 1.29 is 9.66 Å². The molecule has 0 bridgehead atoms. The van der Waals surface area contributed by atoms with Crippen molar-refractivity contribution in [3.8, 4) is 5.75 Å². The summed E-state index contributed by atoms with van der Waals surface area (Å²) in [6.07, 6.45) is 0. The number of nitro groups is 1. The molecular formula is C11H8Cl2N2O3. The van der Waals surface area contributed by atoms with E-state index in [2.05, 4.69) is 4.98 Å². The molecule has 5 nitrogen and oxygen atoms in total. The third-order valence-corrected chi connectivity index (χ3v) is 2.97. The van der Waals surface area contributed by atoms with E-state index < -0.39 is 4.92 Å². The normalized spacial score (nSPS) is 10.6. The molecule has 0 spiro atoms. The maximum absolute atomic E-state index is 10.9. The van der Waals surface area contributed by atoms with Crippen LogP contribution in [0.1, 0.15) is 6.92 Å². The molecule has 2 aromatic rings. The van der Waals surface area contributed by atoms with E-state index in [0.717, 1.165) is 0 Å². The van der Waals surface area contributed by atoms with Crippen LogP contribution in [0.25, 0.3) is 10.9 Å². The van der Waals surface area contributed by atoms with Gasteiger partial charge in [-0.2, -0.15) is 0 Å². The van der Waals surface area contributed by atoms with Gasteiger partial charge < -0.3 is 4.74 Å². The molecule has 0 aliphatic rings. The molecule has 1 heterocycles. The van der Waals surface area contributed by atoms with Crippen LogP contribution in [0.2, 0.25) is 10.2 Å². The van der Waals surface area contributed by atoms with E-state index in [1.165, 1.54) is 0 Å². The van der Waals surface area contributed by atoms with Crippen LogP contribution in [0.5, 0.6) is 5.75 Å². The zero-order valence-electron chi connectivity index (χ0n) is 9.31. The largest absolute Gasteiger partial charge is 0.494 e. The lowest BCUT2D eigenvalue weighted by molar-refractivity contribution is -0.384. The SMILES string of the molecule is CCOc1ccc2nc(Cl)c([N+](=O)[O-])c(Cl)c2c1. The van der Waals surface area contributed by atoms with E-state index in [9.17, 15) is 10.1 Å². The molecule has 0 N–H and O–H groups in total. The van der Waals surface area contributed by atoms with Crippen LogP contribution in [0.3, 0.4) is 0 Å². The molecule has 2 rings (SSSR count). The Bertz CT molecular complexity index is 631. The van der Waals surface area contributed by atoms with Gasteiger partial charge in [-0.3, -0.25) is 10.1 Å². The number of aromatic nitrogens is 1. The molecule has 1 aromatic carbocycles. The van der Waals surface area contributed by atoms with Gasteiger partial charge in [-0.1, -0.05) is 23.2 Å². The maximum atomic E-state index is 10.9. The van der Waals surface area contributed by atoms with E-state index in [-0.39, 0.29) is 15.9 Å². The van der Waals surface area contributed by atoms with Gasteiger partial charge >= 0.3 is 5.69 Å². The van der Waals surface area contributed by atoms with E-state index in [0.29, 0.717) is 23.3 Å². The van der Waals surface area contributed by atoms with Crippen molar-refractivity contribution in [2.45, 2.75) is 6.92 Å². The molecule has 7 heteroatoms. The van der Waals surface area contributed by atoms with Gasteiger partial charge in [0.15, 0.2) is 0 Å². The number of pyridine rings is 1. The number of hydrogen-bond acceptors (Lipinski definition) is 4. The van der Waals surface area contributed by atoms with Crippen molar-refractivity contribution in [1.29, 1.82) is 0 Å². The minimum absolute atomic E-state index is 0.0310. The van der Waals surface area contributed by atoms with Gasteiger partial charge in [-0.15, -0.1) is 0 Å². The highest BCUT2D eigenvalue weighted by molar-refractivity contribution is 6.41. The Balaban J connectivity index is 2.73. The van der Waals surface area contributed by atoms with Gasteiger partial charge in [0.2, 0.25) is 5.15 Å². The van der Waals surface area contributed by atoms with Crippen LogP contribution in [0.15, 0.2) is 18.2 Å². The first-order chi connectivity index (χ1) is 8.54. The van der Waals surface area contributed by atoms with Crippen molar-refractivity contribution in [3.05, 3.63) is 38.5 Å². The predicted molar refractivity (Wildman–Crippen MR) is 69.6 cm³/mol. The number of benzene rings is 1. The van der Waals surface area contributed by atoms with Crippen molar-refractivity contribution in [2.24, 2.45) is 0 Å². The minimum atomic E-state index is -0.648. The van der Waals surface area contributed by atoms with Crippen LogP contribution in [-0.2, 0) is 0 Å². The summed E-state index contributed by atoms with van der Waals surface area (Å²) in [5.74, 6) is 0.574. The zero-order chi connectivity index (χ0) is 13.3. The van der Waals surface area contributed by atoms with Crippen molar-refractivity contribution in [2.75, 3.05) is 6.61 Å². The Morgan fingerprint density at radius 1 is 1.44 bits per heavy atom. The summed E-state index contributed by atoms with van der Waals surface area (Å²) >= 11 is 11.7. The van der Waals surface area contributed by atoms with Gasteiger partial charge in [0.25, 0.3) is 0 Å². The highest BCUT2D eigenvalue weighted by atomic mass is 35.5. The lowest BCUT2D eigenvalue weighted by Gasteiger charge is -2.06. The lowest BCUT2D eigenvalue weighted by Crippen LogP contribution is -1.95. The summed E-state index contributed by atoms with van der Waals surface area (Å²) in [6, 6.07) is 4.97. The summed E-state index contributed by atoms with van der Waals surface area (Å²) in [5, 5.41) is 11.1. The van der Waals surface area contributed by atoms with E-state index >= 15 is 0 Å². The maximum Gasteiger partial charge on any atom is 0.325 e.